The highest BCUT2D eigenvalue weighted by Crippen LogP contribution is 2.36. The number of aliphatic hydroxyl groups excluding tert-OH is 1. The van der Waals surface area contributed by atoms with E-state index < -0.39 is 10.0 Å². The Balaban J connectivity index is 1.50. The van der Waals surface area contributed by atoms with Gasteiger partial charge in [-0.25, -0.2) is 18.1 Å². The standard InChI is InChI=1S/C23H30ClN3O4S2/c1-14-22(32-23(25-14)26-21(29)12-15-4-2-3-5-15)16-6-11-19(24)20(13-16)33(30,31)27-17-7-9-18(28)10-8-17/h6,11,13,15,17-18,27-28H,2-5,7-10,12H2,1H3,(H,25,26,29)/t17-,18+. The molecule has 0 atom stereocenters. The number of hydrogen-bond acceptors (Lipinski definition) is 6. The van der Waals surface area contributed by atoms with Crippen LogP contribution in [-0.2, 0) is 14.8 Å². The van der Waals surface area contributed by atoms with Crippen LogP contribution >= 0.6 is 22.9 Å². The quantitative estimate of drug-likeness (QED) is 0.491. The van der Waals surface area contributed by atoms with Crippen LogP contribution in [0.25, 0.3) is 10.4 Å². The molecule has 0 aliphatic heterocycles. The van der Waals surface area contributed by atoms with Crippen LogP contribution in [0, 0.1) is 12.8 Å². The number of aliphatic hydroxyl groups is 1. The first-order chi connectivity index (χ1) is 15.7. The number of aryl methyl sites for hydroxylation is 1. The zero-order valence-corrected chi connectivity index (χ0v) is 21.0. The highest BCUT2D eigenvalue weighted by molar-refractivity contribution is 7.89. The Labute approximate surface area is 204 Å². The highest BCUT2D eigenvalue weighted by Gasteiger charge is 2.27. The van der Waals surface area contributed by atoms with E-state index in [1.807, 2.05) is 6.92 Å². The molecule has 10 heteroatoms. The number of sulfonamides is 1. The first-order valence-electron chi connectivity index (χ1n) is 11.5. The molecule has 2 aliphatic rings. The molecule has 33 heavy (non-hydrogen) atoms. The van der Waals surface area contributed by atoms with Crippen LogP contribution in [0.2, 0.25) is 5.02 Å². The van der Waals surface area contributed by atoms with E-state index in [9.17, 15) is 18.3 Å². The van der Waals surface area contributed by atoms with Crippen molar-refractivity contribution in [1.82, 2.24) is 9.71 Å². The summed E-state index contributed by atoms with van der Waals surface area (Å²) in [6, 6.07) is 4.69. The molecule has 1 aromatic carbocycles. The fourth-order valence-corrected chi connectivity index (χ4v) is 7.50. The molecule has 0 unspecified atom stereocenters. The van der Waals surface area contributed by atoms with Crippen molar-refractivity contribution in [2.45, 2.75) is 81.8 Å². The number of hydrogen-bond donors (Lipinski definition) is 3. The Bertz CT molecular complexity index is 1100. The third-order valence-electron chi connectivity index (χ3n) is 6.49. The van der Waals surface area contributed by atoms with Gasteiger partial charge in [0, 0.05) is 12.5 Å². The van der Waals surface area contributed by atoms with E-state index in [-0.39, 0.29) is 28.0 Å². The summed E-state index contributed by atoms with van der Waals surface area (Å²) in [5, 5.41) is 13.2. The second kappa shape index (κ2) is 10.4. The van der Waals surface area contributed by atoms with E-state index in [1.165, 1.54) is 24.2 Å². The second-order valence-electron chi connectivity index (χ2n) is 9.11. The fourth-order valence-electron chi connectivity index (χ4n) is 4.69. The Morgan fingerprint density at radius 1 is 1.18 bits per heavy atom. The largest absolute Gasteiger partial charge is 0.393 e. The van der Waals surface area contributed by atoms with Crippen LogP contribution in [-0.4, -0.2) is 36.6 Å². The molecule has 180 valence electrons. The molecule has 2 fully saturated rings. The Morgan fingerprint density at radius 2 is 1.88 bits per heavy atom. The lowest BCUT2D eigenvalue weighted by Gasteiger charge is -2.26. The minimum Gasteiger partial charge on any atom is -0.393 e. The monoisotopic (exact) mass is 511 g/mol. The van der Waals surface area contributed by atoms with E-state index in [2.05, 4.69) is 15.0 Å². The van der Waals surface area contributed by atoms with Crippen molar-refractivity contribution in [1.29, 1.82) is 0 Å². The Hall–Kier alpha value is -1.52. The van der Waals surface area contributed by atoms with Crippen molar-refractivity contribution >= 4 is 44.0 Å². The maximum absolute atomic E-state index is 13.1. The van der Waals surface area contributed by atoms with E-state index >= 15 is 0 Å². The number of carbonyl (C=O) groups is 1. The summed E-state index contributed by atoms with van der Waals surface area (Å²) in [6.07, 6.45) is 7.09. The number of rotatable bonds is 7. The smallest absolute Gasteiger partial charge is 0.242 e. The molecule has 1 aromatic heterocycles. The minimum absolute atomic E-state index is 0.0207. The predicted octanol–water partition coefficient (Wildman–Crippen LogP) is 4.87. The van der Waals surface area contributed by atoms with Crippen LogP contribution in [0.5, 0.6) is 0 Å². The number of amides is 1. The first-order valence-corrected chi connectivity index (χ1v) is 14.2. The van der Waals surface area contributed by atoms with Crippen LogP contribution in [0.4, 0.5) is 5.13 Å². The van der Waals surface area contributed by atoms with Gasteiger partial charge in [-0.1, -0.05) is 41.8 Å². The number of aromatic nitrogens is 1. The van der Waals surface area contributed by atoms with Gasteiger partial charge in [-0.15, -0.1) is 0 Å². The van der Waals surface area contributed by atoms with Gasteiger partial charge in [0.2, 0.25) is 15.9 Å². The van der Waals surface area contributed by atoms with Crippen LogP contribution in [0.15, 0.2) is 23.1 Å². The summed E-state index contributed by atoms with van der Waals surface area (Å²) in [4.78, 5) is 17.7. The lowest BCUT2D eigenvalue weighted by molar-refractivity contribution is -0.117. The van der Waals surface area contributed by atoms with Crippen molar-refractivity contribution < 1.29 is 18.3 Å². The number of thiazole rings is 1. The van der Waals surface area contributed by atoms with E-state index in [0.29, 0.717) is 48.7 Å². The maximum Gasteiger partial charge on any atom is 0.242 e. The zero-order chi connectivity index (χ0) is 23.6. The first kappa shape index (κ1) is 24.6. The fraction of sp³-hybridized carbons (Fsp3) is 0.565. The molecule has 3 N–H and O–H groups in total. The van der Waals surface area contributed by atoms with Gasteiger partial charge in [0.15, 0.2) is 5.13 Å². The average molecular weight is 512 g/mol. The van der Waals surface area contributed by atoms with Crippen molar-refractivity contribution in [3.63, 3.8) is 0 Å². The summed E-state index contributed by atoms with van der Waals surface area (Å²) in [5.41, 5.74) is 1.40. The summed E-state index contributed by atoms with van der Waals surface area (Å²) in [7, 11) is -3.83. The second-order valence-corrected chi connectivity index (χ2v) is 12.2. The molecule has 4 rings (SSSR count). The summed E-state index contributed by atoms with van der Waals surface area (Å²) < 4.78 is 28.9. The van der Waals surface area contributed by atoms with Gasteiger partial charge in [0.05, 0.1) is 21.7 Å². The number of benzene rings is 1. The Morgan fingerprint density at radius 3 is 2.58 bits per heavy atom. The zero-order valence-electron chi connectivity index (χ0n) is 18.6. The molecule has 0 spiro atoms. The van der Waals surface area contributed by atoms with Crippen LogP contribution < -0.4 is 10.0 Å². The molecule has 2 saturated carbocycles. The molecular weight excluding hydrogens is 482 g/mol. The van der Waals surface area contributed by atoms with Crippen LogP contribution in [0.3, 0.4) is 0 Å². The number of halogens is 1. The summed E-state index contributed by atoms with van der Waals surface area (Å²) in [5.74, 6) is 0.429. The van der Waals surface area contributed by atoms with Gasteiger partial charge >= 0.3 is 0 Å². The van der Waals surface area contributed by atoms with Gasteiger partial charge in [-0.3, -0.25) is 4.79 Å². The molecule has 2 aliphatic carbocycles. The van der Waals surface area contributed by atoms with Crippen molar-refractivity contribution in [3.05, 3.63) is 28.9 Å². The van der Waals surface area contributed by atoms with Crippen molar-refractivity contribution in [2.75, 3.05) is 5.32 Å². The van der Waals surface area contributed by atoms with Crippen molar-refractivity contribution in [2.24, 2.45) is 5.92 Å². The van der Waals surface area contributed by atoms with Gasteiger partial charge in [0.25, 0.3) is 0 Å². The Kier molecular flexibility index (Phi) is 7.75. The van der Waals surface area contributed by atoms with Gasteiger partial charge in [-0.05, 0) is 69.1 Å². The number of nitrogens with one attached hydrogen (secondary N) is 2. The lowest BCUT2D eigenvalue weighted by Crippen LogP contribution is -2.38. The molecule has 0 bridgehead atoms. The third-order valence-corrected chi connectivity index (χ3v) is 9.62. The molecule has 0 saturated heterocycles. The van der Waals surface area contributed by atoms with E-state index in [4.69, 9.17) is 11.6 Å². The normalized spacial score (nSPS) is 21.9. The lowest BCUT2D eigenvalue weighted by atomic mass is 9.94. The highest BCUT2D eigenvalue weighted by atomic mass is 35.5. The average Bonchev–Trinajstić information content (AvgIpc) is 3.39. The molecule has 1 amide bonds. The molecular formula is C23H30ClN3O4S2. The van der Waals surface area contributed by atoms with Crippen LogP contribution in [0.1, 0.15) is 63.5 Å². The summed E-state index contributed by atoms with van der Waals surface area (Å²) in [6.45, 7) is 1.84. The van der Waals surface area contributed by atoms with Crippen molar-refractivity contribution in [3.8, 4) is 10.4 Å². The SMILES string of the molecule is Cc1nc(NC(=O)CC2CCCC2)sc1-c1ccc(Cl)c(S(=O)(=O)N[C@H]2CC[C@@H](O)CC2)c1. The predicted molar refractivity (Wildman–Crippen MR) is 131 cm³/mol. The van der Waals surface area contributed by atoms with E-state index in [0.717, 1.165) is 23.4 Å². The third kappa shape index (κ3) is 6.14. The molecule has 1 heterocycles. The van der Waals surface area contributed by atoms with Gasteiger partial charge in [-0.2, -0.15) is 0 Å². The van der Waals surface area contributed by atoms with E-state index in [1.54, 1.807) is 18.2 Å². The maximum atomic E-state index is 13.1. The van der Waals surface area contributed by atoms with Gasteiger partial charge < -0.3 is 10.4 Å². The topological polar surface area (TPSA) is 108 Å². The molecule has 0 radical (unpaired) electrons. The number of nitrogens with zero attached hydrogens (tertiary/aromatic N) is 1. The van der Waals surface area contributed by atoms with Gasteiger partial charge in [0.1, 0.15) is 4.90 Å². The summed E-state index contributed by atoms with van der Waals surface area (Å²) >= 11 is 7.61. The number of carbonyl (C=O) groups excluding carboxylic acids is 1. The minimum atomic E-state index is -3.83. The molecule has 2 aromatic rings. The molecule has 7 nitrogen and oxygen atoms in total. The number of anilines is 1.